The molecule has 122 heavy (non-hydrogen) atoms. The van der Waals surface area contributed by atoms with Gasteiger partial charge in [0.25, 0.3) is 0 Å². The number of nitrogens with zero attached hydrogens (tertiary/aromatic N) is 6. The van der Waals surface area contributed by atoms with Crippen LogP contribution in [0.15, 0.2) is 521 Å². The van der Waals surface area contributed by atoms with Crippen molar-refractivity contribution in [2.75, 3.05) is 29.4 Å². The zero-order valence-electron chi connectivity index (χ0n) is 67.5. The van der Waals surface area contributed by atoms with Crippen molar-refractivity contribution in [3.8, 4) is 44.5 Å². The average Bonchev–Trinajstić information content (AvgIpc) is 0.789. The maximum absolute atomic E-state index is 2.47. The molecule has 1 atom stereocenters. The lowest BCUT2D eigenvalue weighted by Crippen LogP contribution is -2.31. The maximum atomic E-state index is 2.47. The third-order valence-corrected chi connectivity index (χ3v) is 22.8. The quantitative estimate of drug-likeness (QED) is 0.0669. The first-order valence-electron chi connectivity index (χ1n) is 41.8. The smallest absolute Gasteiger partial charge is 0.0561 e. The van der Waals surface area contributed by atoms with Crippen LogP contribution in [-0.4, -0.2) is 6.04 Å². The van der Waals surface area contributed by atoms with E-state index in [9.17, 15) is 0 Å². The van der Waals surface area contributed by atoms with Crippen molar-refractivity contribution in [3.05, 3.63) is 521 Å². The summed E-state index contributed by atoms with van der Waals surface area (Å²) in [5.41, 5.74) is 28.5. The minimum atomic E-state index is 0.0711. The zero-order valence-corrected chi connectivity index (χ0v) is 67.5. The summed E-state index contributed by atoms with van der Waals surface area (Å²) in [4.78, 5) is 14.1. The van der Waals surface area contributed by atoms with Crippen LogP contribution in [0.4, 0.5) is 91.0 Å². The van der Waals surface area contributed by atoms with Crippen molar-refractivity contribution in [1.29, 1.82) is 0 Å². The minimum absolute atomic E-state index is 0.0711. The molecular formula is C116H88N6. The molecule has 0 aliphatic heterocycles. The molecule has 0 spiro atoms. The molecule has 0 radical (unpaired) electrons. The van der Waals surface area contributed by atoms with Crippen molar-refractivity contribution >= 4 is 113 Å². The second kappa shape index (κ2) is 35.8. The van der Waals surface area contributed by atoms with Gasteiger partial charge in [0.2, 0.25) is 0 Å². The number of hydrogen-bond acceptors (Lipinski definition) is 6. The molecule has 582 valence electrons. The molecule has 6 heteroatoms. The number of hydrogen-bond donors (Lipinski definition) is 0. The number of allylic oxidation sites excluding steroid dienone is 1. The predicted octanol–water partition coefficient (Wildman–Crippen LogP) is 32.4. The summed E-state index contributed by atoms with van der Waals surface area (Å²) >= 11 is 0. The van der Waals surface area contributed by atoms with Gasteiger partial charge < -0.3 is 29.4 Å². The van der Waals surface area contributed by atoms with E-state index in [0.717, 1.165) is 103 Å². The third-order valence-electron chi connectivity index (χ3n) is 22.8. The lowest BCUT2D eigenvalue weighted by Gasteiger charge is -2.35. The van der Waals surface area contributed by atoms with E-state index in [1.807, 2.05) is 0 Å². The Kier molecular flexibility index (Phi) is 22.3. The summed E-state index contributed by atoms with van der Waals surface area (Å²) in [5, 5.41) is 5.03. The monoisotopic (exact) mass is 1560 g/mol. The lowest BCUT2D eigenvalue weighted by atomic mass is 9.98. The molecule has 0 aromatic heterocycles. The van der Waals surface area contributed by atoms with Crippen molar-refractivity contribution < 1.29 is 0 Å². The van der Waals surface area contributed by atoms with E-state index in [2.05, 4.69) is 545 Å². The molecule has 0 N–H and O–H groups in total. The average molecular weight is 1570 g/mol. The van der Waals surface area contributed by atoms with Gasteiger partial charge in [-0.15, -0.1) is 0 Å². The van der Waals surface area contributed by atoms with Crippen LogP contribution in [0.25, 0.3) is 66.1 Å². The van der Waals surface area contributed by atoms with Gasteiger partial charge in [-0.05, 0) is 273 Å². The molecule has 1 aliphatic rings. The van der Waals surface area contributed by atoms with Crippen molar-refractivity contribution in [3.63, 3.8) is 0 Å². The molecule has 1 unspecified atom stereocenters. The lowest BCUT2D eigenvalue weighted by molar-refractivity contribution is 0.777. The minimum Gasteiger partial charge on any atom is -0.334 e. The Bertz CT molecular complexity index is 6410. The summed E-state index contributed by atoms with van der Waals surface area (Å²) in [7, 11) is 0. The van der Waals surface area contributed by atoms with Gasteiger partial charge in [0.05, 0.1) is 6.04 Å². The van der Waals surface area contributed by atoms with E-state index in [1.54, 1.807) is 0 Å². The van der Waals surface area contributed by atoms with Crippen LogP contribution >= 0.6 is 0 Å². The Morgan fingerprint density at radius 2 is 0.377 bits per heavy atom. The summed E-state index contributed by atoms with van der Waals surface area (Å²) in [5.74, 6) is 0. The molecular weight excluding hydrogens is 1480 g/mol. The summed E-state index contributed by atoms with van der Waals surface area (Å²) < 4.78 is 0. The fraction of sp³-hybridized carbons (Fsp3) is 0.0172. The van der Waals surface area contributed by atoms with Crippen LogP contribution in [-0.2, 0) is 0 Å². The van der Waals surface area contributed by atoms with Crippen molar-refractivity contribution in [2.24, 2.45) is 0 Å². The molecule has 19 aromatic carbocycles. The standard InChI is InChI=1S/C60H48N4.C56H40N2/c1-7-19-47(20-8-1)48-31-33-54(34-32-48)64(59-43-37-56(38-44-59)62(51-25-13-4-14-26-51)52-27-15-5-16-28-52)60-45-41-58(42-46-60)63(53-29-17-6-18-30-53)57-39-35-55(36-40-57)61(49-21-9-2-10-22-49)50-23-11-3-12-24-50;1-3-17-47(18-4-1)57(51-37-29-45(30-38-51)55-23-11-15-43-13-7-9-21-53(43)55)49-33-25-41(26-34-49)42-27-35-50(36-28-42)58(48-19-5-2-6-20-48)52-39-31-46(32-40-52)56-24-12-16-44-14-8-10-22-54(44)56/h1-45,60H,46H2;1-40H. The van der Waals surface area contributed by atoms with E-state index >= 15 is 0 Å². The summed E-state index contributed by atoms with van der Waals surface area (Å²) in [6.07, 6.45) is 7.86. The molecule has 0 heterocycles. The molecule has 0 bridgehead atoms. The number of benzene rings is 19. The van der Waals surface area contributed by atoms with Gasteiger partial charge >= 0.3 is 0 Å². The van der Waals surface area contributed by atoms with Crippen LogP contribution in [0.1, 0.15) is 6.42 Å². The Hall–Kier alpha value is -16.0. The van der Waals surface area contributed by atoms with Crippen LogP contribution < -0.4 is 29.4 Å². The first-order valence-corrected chi connectivity index (χ1v) is 41.8. The molecule has 1 aliphatic carbocycles. The highest BCUT2D eigenvalue weighted by molar-refractivity contribution is 5.99. The fourth-order valence-corrected chi connectivity index (χ4v) is 16.9. The fourth-order valence-electron chi connectivity index (χ4n) is 16.9. The van der Waals surface area contributed by atoms with Gasteiger partial charge in [-0.2, -0.15) is 0 Å². The molecule has 19 aromatic rings. The molecule has 0 fully saturated rings. The molecule has 0 saturated carbocycles. The van der Waals surface area contributed by atoms with Crippen LogP contribution in [0.3, 0.4) is 0 Å². The Morgan fingerprint density at radius 3 is 0.672 bits per heavy atom. The molecule has 0 saturated heterocycles. The van der Waals surface area contributed by atoms with E-state index in [4.69, 9.17) is 0 Å². The van der Waals surface area contributed by atoms with Crippen LogP contribution in [0, 0.1) is 0 Å². The second-order valence-corrected chi connectivity index (χ2v) is 30.4. The van der Waals surface area contributed by atoms with E-state index < -0.39 is 0 Å². The van der Waals surface area contributed by atoms with E-state index in [1.165, 1.54) is 66.1 Å². The van der Waals surface area contributed by atoms with Crippen LogP contribution in [0.5, 0.6) is 0 Å². The number of rotatable bonds is 22. The number of anilines is 16. The first kappa shape index (κ1) is 76.0. The van der Waals surface area contributed by atoms with E-state index in [0.29, 0.717) is 0 Å². The predicted molar refractivity (Wildman–Crippen MR) is 518 cm³/mol. The summed E-state index contributed by atoms with van der Waals surface area (Å²) in [6.45, 7) is 0. The summed E-state index contributed by atoms with van der Waals surface area (Å²) in [6, 6.07) is 178. The van der Waals surface area contributed by atoms with Crippen molar-refractivity contribution in [1.82, 2.24) is 0 Å². The highest BCUT2D eigenvalue weighted by Gasteiger charge is 2.26. The Morgan fingerprint density at radius 1 is 0.164 bits per heavy atom. The number of para-hydroxylation sites is 7. The van der Waals surface area contributed by atoms with Crippen LogP contribution in [0.2, 0.25) is 0 Å². The van der Waals surface area contributed by atoms with Gasteiger partial charge in [-0.3, -0.25) is 0 Å². The van der Waals surface area contributed by atoms with Crippen molar-refractivity contribution in [2.45, 2.75) is 12.5 Å². The maximum Gasteiger partial charge on any atom is 0.0561 e. The molecule has 0 amide bonds. The van der Waals surface area contributed by atoms with Gasteiger partial charge in [-0.25, -0.2) is 0 Å². The zero-order chi connectivity index (χ0) is 81.6. The molecule has 6 nitrogen and oxygen atoms in total. The third kappa shape index (κ3) is 16.6. The van der Waals surface area contributed by atoms with Gasteiger partial charge in [0.15, 0.2) is 0 Å². The van der Waals surface area contributed by atoms with Gasteiger partial charge in [0, 0.05) is 96.7 Å². The van der Waals surface area contributed by atoms with Gasteiger partial charge in [0.1, 0.15) is 0 Å². The second-order valence-electron chi connectivity index (χ2n) is 30.4. The van der Waals surface area contributed by atoms with E-state index in [-0.39, 0.29) is 6.04 Å². The normalized spacial score (nSPS) is 12.2. The Balaban J connectivity index is 0.000000161. The Labute approximate surface area is 715 Å². The van der Waals surface area contributed by atoms with Gasteiger partial charge in [-0.1, -0.05) is 315 Å². The molecule has 20 rings (SSSR count). The topological polar surface area (TPSA) is 19.4 Å². The largest absolute Gasteiger partial charge is 0.334 e. The highest BCUT2D eigenvalue weighted by Crippen LogP contribution is 2.45. The SMILES string of the molecule is C1=CC(N(c2ccc(-c3ccccc3)cc2)c2ccc(N(c3ccccc3)c3ccccc3)cc2)CC=C1N(c1ccccc1)c1ccc(N(c2ccccc2)c2ccccc2)cc1.c1ccc(N(c2ccc(-c3ccc(N(c4ccccc4)c4ccc(-c5cccc6ccccc56)cc4)cc3)cc2)c2ccc(-c3cccc4ccccc34)cc2)cc1. The first-order chi connectivity index (χ1) is 60.5. The highest BCUT2D eigenvalue weighted by atomic mass is 15.2. The number of fused-ring (bicyclic) bond motifs is 2.